The van der Waals surface area contributed by atoms with E-state index in [9.17, 15) is 0 Å². The van der Waals surface area contributed by atoms with E-state index in [-0.39, 0.29) is 0 Å². The second-order valence-electron chi connectivity index (χ2n) is 2.79. The van der Waals surface area contributed by atoms with Gasteiger partial charge in [0.15, 0.2) is 0 Å². The molecular weight excluding hydrogens is 146 g/mol. The average Bonchev–Trinajstić information content (AvgIpc) is 2.40. The second-order valence-corrected chi connectivity index (χ2v) is 2.79. The normalized spacial score (nSPS) is 21.9. The van der Waals surface area contributed by atoms with E-state index in [4.69, 9.17) is 0 Å². The highest BCUT2D eigenvalue weighted by Crippen LogP contribution is 2.10. The summed E-state index contributed by atoms with van der Waals surface area (Å²) in [6.07, 6.45) is 12.2. The molecule has 0 amide bonds. The van der Waals surface area contributed by atoms with Crippen LogP contribution in [0.15, 0.2) is 0 Å². The Kier molecular flexibility index (Phi) is 15.4. The molecule has 0 aromatic heterocycles. The maximum atomic E-state index is 4.00. The van der Waals surface area contributed by atoms with Crippen molar-refractivity contribution >= 4 is 0 Å². The summed E-state index contributed by atoms with van der Waals surface area (Å²) in [5.74, 6) is 0.963. The van der Waals surface area contributed by atoms with Crippen molar-refractivity contribution in [2.24, 2.45) is 5.92 Å². The molecule has 0 saturated carbocycles. The number of hydrogen-bond donors (Lipinski definition) is 1. The van der Waals surface area contributed by atoms with Crippen molar-refractivity contribution in [3.05, 3.63) is 0 Å². The zero-order valence-corrected chi connectivity index (χ0v) is 8.77. The first-order valence-corrected chi connectivity index (χ1v) is 4.93. The molecule has 0 aliphatic carbocycles. The lowest BCUT2D eigenvalue weighted by atomic mass is 10.0. The summed E-state index contributed by atoms with van der Waals surface area (Å²) in [5.41, 5.74) is 0. The van der Waals surface area contributed by atoms with Crippen LogP contribution in [0.3, 0.4) is 0 Å². The standard InChI is InChI=1S/C7H15N.C2H6.C2H2/c1-7-3-2-5-8-6-4-7;2*1-2/h7-8H,2-6H2,1H3;1-2H3;1-2H. The number of nitrogens with one attached hydrogen (secondary N) is 1. The lowest BCUT2D eigenvalue weighted by Gasteiger charge is -2.02. The smallest absolute Gasteiger partial charge is 0.00464 e. The monoisotopic (exact) mass is 169 g/mol. The summed E-state index contributed by atoms with van der Waals surface area (Å²) >= 11 is 0. The maximum absolute atomic E-state index is 4.00. The second kappa shape index (κ2) is 13.1. The van der Waals surface area contributed by atoms with Gasteiger partial charge in [0.2, 0.25) is 0 Å². The lowest BCUT2D eigenvalue weighted by molar-refractivity contribution is 0.519. The molecule has 1 atom stereocenters. The van der Waals surface area contributed by atoms with Crippen molar-refractivity contribution in [3.8, 4) is 12.8 Å². The summed E-state index contributed by atoms with van der Waals surface area (Å²) in [6, 6.07) is 0. The van der Waals surface area contributed by atoms with E-state index in [1.165, 1.54) is 32.4 Å². The minimum Gasteiger partial charge on any atom is -0.317 e. The molecule has 1 nitrogen and oxygen atoms in total. The first-order valence-electron chi connectivity index (χ1n) is 4.93. The van der Waals surface area contributed by atoms with Crippen LogP contribution in [0.5, 0.6) is 0 Å². The van der Waals surface area contributed by atoms with E-state index >= 15 is 0 Å². The van der Waals surface area contributed by atoms with Gasteiger partial charge in [-0.25, -0.2) is 0 Å². The molecule has 12 heavy (non-hydrogen) atoms. The van der Waals surface area contributed by atoms with Crippen molar-refractivity contribution in [2.75, 3.05) is 13.1 Å². The third kappa shape index (κ3) is 9.52. The van der Waals surface area contributed by atoms with Gasteiger partial charge in [-0.05, 0) is 38.3 Å². The molecule has 1 saturated heterocycles. The van der Waals surface area contributed by atoms with E-state index in [1.54, 1.807) is 0 Å². The quantitative estimate of drug-likeness (QED) is 0.550. The fourth-order valence-electron chi connectivity index (χ4n) is 1.19. The Hall–Kier alpha value is -0.480. The van der Waals surface area contributed by atoms with Gasteiger partial charge < -0.3 is 5.32 Å². The summed E-state index contributed by atoms with van der Waals surface area (Å²) in [7, 11) is 0. The first kappa shape index (κ1) is 14.1. The van der Waals surface area contributed by atoms with E-state index in [0.717, 1.165) is 5.92 Å². The molecule has 1 unspecified atom stereocenters. The van der Waals surface area contributed by atoms with Gasteiger partial charge in [-0.15, -0.1) is 12.8 Å². The fraction of sp³-hybridized carbons (Fsp3) is 0.818. The van der Waals surface area contributed by atoms with Crippen LogP contribution in [-0.4, -0.2) is 13.1 Å². The summed E-state index contributed by atoms with van der Waals surface area (Å²) in [6.45, 7) is 8.82. The van der Waals surface area contributed by atoms with Gasteiger partial charge in [-0.2, -0.15) is 0 Å². The highest BCUT2D eigenvalue weighted by molar-refractivity contribution is 4.61. The number of terminal acetylenes is 1. The Morgan fingerprint density at radius 3 is 2.25 bits per heavy atom. The molecule has 0 aromatic rings. The van der Waals surface area contributed by atoms with Crippen LogP contribution in [0.25, 0.3) is 0 Å². The SMILES string of the molecule is C#C.CC.CC1CCCNCC1. The van der Waals surface area contributed by atoms with Crippen LogP contribution in [0.2, 0.25) is 0 Å². The number of hydrogen-bond acceptors (Lipinski definition) is 1. The van der Waals surface area contributed by atoms with Gasteiger partial charge in [0.25, 0.3) is 0 Å². The molecule has 1 rings (SSSR count). The van der Waals surface area contributed by atoms with E-state index in [2.05, 4.69) is 25.1 Å². The fourth-order valence-corrected chi connectivity index (χ4v) is 1.19. The summed E-state index contributed by atoms with van der Waals surface area (Å²) in [4.78, 5) is 0. The van der Waals surface area contributed by atoms with Crippen molar-refractivity contribution in [1.82, 2.24) is 5.32 Å². The first-order chi connectivity index (χ1) is 5.89. The van der Waals surface area contributed by atoms with E-state index in [1.807, 2.05) is 13.8 Å². The molecule has 1 aliphatic heterocycles. The van der Waals surface area contributed by atoms with Crippen LogP contribution in [0.1, 0.15) is 40.0 Å². The molecule has 0 spiro atoms. The lowest BCUT2D eigenvalue weighted by Crippen LogP contribution is -2.13. The molecule has 72 valence electrons. The average molecular weight is 169 g/mol. The van der Waals surface area contributed by atoms with Crippen LogP contribution < -0.4 is 5.32 Å². The Labute approximate surface area is 77.9 Å². The zero-order valence-electron chi connectivity index (χ0n) is 8.77. The van der Waals surface area contributed by atoms with Crippen molar-refractivity contribution in [2.45, 2.75) is 40.0 Å². The molecule has 1 fully saturated rings. The van der Waals surface area contributed by atoms with Crippen molar-refractivity contribution in [3.63, 3.8) is 0 Å². The minimum atomic E-state index is 0.963. The molecule has 0 bridgehead atoms. The largest absolute Gasteiger partial charge is 0.317 e. The minimum absolute atomic E-state index is 0.963. The predicted molar refractivity (Wildman–Crippen MR) is 57.1 cm³/mol. The maximum Gasteiger partial charge on any atom is -0.00464 e. The Balaban J connectivity index is 0. The van der Waals surface area contributed by atoms with E-state index < -0.39 is 0 Å². The molecule has 1 N–H and O–H groups in total. The van der Waals surface area contributed by atoms with Crippen molar-refractivity contribution in [1.29, 1.82) is 0 Å². The van der Waals surface area contributed by atoms with Gasteiger partial charge in [-0.3, -0.25) is 0 Å². The molecular formula is C11H23N. The van der Waals surface area contributed by atoms with Crippen LogP contribution in [0, 0.1) is 18.8 Å². The topological polar surface area (TPSA) is 12.0 Å². The predicted octanol–water partition coefficient (Wildman–Crippen LogP) is 2.67. The highest BCUT2D eigenvalue weighted by Gasteiger charge is 2.04. The molecule has 0 radical (unpaired) electrons. The third-order valence-corrected chi connectivity index (χ3v) is 1.86. The summed E-state index contributed by atoms with van der Waals surface area (Å²) < 4.78 is 0. The highest BCUT2D eigenvalue weighted by atomic mass is 14.8. The number of rotatable bonds is 0. The Morgan fingerprint density at radius 2 is 1.67 bits per heavy atom. The van der Waals surface area contributed by atoms with Crippen LogP contribution >= 0.6 is 0 Å². The molecule has 1 aliphatic rings. The summed E-state index contributed by atoms with van der Waals surface area (Å²) in [5, 5.41) is 3.38. The van der Waals surface area contributed by atoms with Gasteiger partial charge in [0.1, 0.15) is 0 Å². The van der Waals surface area contributed by atoms with Crippen LogP contribution in [-0.2, 0) is 0 Å². The third-order valence-electron chi connectivity index (χ3n) is 1.86. The van der Waals surface area contributed by atoms with Gasteiger partial charge in [0, 0.05) is 0 Å². The van der Waals surface area contributed by atoms with Gasteiger partial charge in [-0.1, -0.05) is 20.8 Å². The molecule has 0 aromatic carbocycles. The Bertz CT molecular complexity index is 78.3. The van der Waals surface area contributed by atoms with E-state index in [0.29, 0.717) is 0 Å². The van der Waals surface area contributed by atoms with Crippen molar-refractivity contribution < 1.29 is 0 Å². The molecule has 1 heterocycles. The molecule has 1 heteroatoms. The van der Waals surface area contributed by atoms with Gasteiger partial charge in [0.05, 0.1) is 0 Å². The van der Waals surface area contributed by atoms with Gasteiger partial charge >= 0.3 is 0 Å². The van der Waals surface area contributed by atoms with Crippen LogP contribution in [0.4, 0.5) is 0 Å². The Morgan fingerprint density at radius 1 is 1.08 bits per heavy atom. The zero-order chi connectivity index (χ0) is 9.82.